The zero-order chi connectivity index (χ0) is 17.3. The molecule has 3 rings (SSSR count). The molecule has 0 unspecified atom stereocenters. The molecule has 7 heteroatoms. The van der Waals surface area contributed by atoms with Crippen molar-refractivity contribution < 1.29 is 14.3 Å². The fourth-order valence-electron chi connectivity index (χ4n) is 3.41. The average molecular weight is 332 g/mol. The fourth-order valence-corrected chi connectivity index (χ4v) is 3.41. The zero-order valence-corrected chi connectivity index (χ0v) is 14.2. The minimum atomic E-state index is -0.500. The molecule has 3 heterocycles. The summed E-state index contributed by atoms with van der Waals surface area (Å²) in [5.41, 5.74) is 0.845. The van der Waals surface area contributed by atoms with Gasteiger partial charge in [0.25, 0.3) is 5.91 Å². The second-order valence-electron chi connectivity index (χ2n) is 6.57. The number of piperidine rings is 1. The van der Waals surface area contributed by atoms with Crippen LogP contribution in [0.25, 0.3) is 0 Å². The number of hydrogen-bond acceptors (Lipinski definition) is 4. The minimum absolute atomic E-state index is 0.0981. The highest BCUT2D eigenvalue weighted by Crippen LogP contribution is 2.27. The predicted molar refractivity (Wildman–Crippen MR) is 89.4 cm³/mol. The highest BCUT2D eigenvalue weighted by atomic mass is 16.5. The molecule has 0 radical (unpaired) electrons. The van der Waals surface area contributed by atoms with E-state index in [2.05, 4.69) is 17.0 Å². The lowest BCUT2D eigenvalue weighted by Crippen LogP contribution is -2.54. The van der Waals surface area contributed by atoms with Gasteiger partial charge in [-0.05, 0) is 26.2 Å². The summed E-state index contributed by atoms with van der Waals surface area (Å²) in [4.78, 5) is 27.0. The number of carbonyl (C=O) groups excluding carboxylic acids is 2. The number of nitrogens with one attached hydrogen (secondary N) is 1. The molecule has 2 saturated heterocycles. The summed E-state index contributed by atoms with van der Waals surface area (Å²) in [6.45, 7) is 6.94. The van der Waals surface area contributed by atoms with Crippen LogP contribution in [0.3, 0.4) is 0 Å². The summed E-state index contributed by atoms with van der Waals surface area (Å²) in [7, 11) is 1.81. The summed E-state index contributed by atoms with van der Waals surface area (Å²) in [5.74, 6) is 0.145. The van der Waals surface area contributed by atoms with Crippen molar-refractivity contribution in [2.75, 3.05) is 18.1 Å². The molecule has 0 bridgehead atoms. The van der Waals surface area contributed by atoms with E-state index in [-0.39, 0.29) is 23.8 Å². The SMILES string of the molecule is C=C(C)[C@H]1OCC[C@H]1C(=O)N[C@@H]1CCCN(c2ccn(C)n2)C1=O. The summed E-state index contributed by atoms with van der Waals surface area (Å²) in [6, 6.07) is 1.31. The smallest absolute Gasteiger partial charge is 0.250 e. The van der Waals surface area contributed by atoms with Crippen molar-refractivity contribution in [2.45, 2.75) is 38.3 Å². The monoisotopic (exact) mass is 332 g/mol. The lowest BCUT2D eigenvalue weighted by atomic mass is 9.95. The molecule has 24 heavy (non-hydrogen) atoms. The zero-order valence-electron chi connectivity index (χ0n) is 14.2. The Morgan fingerprint density at radius 1 is 1.46 bits per heavy atom. The first kappa shape index (κ1) is 16.7. The Hall–Kier alpha value is -2.15. The molecule has 1 aromatic heterocycles. The maximum Gasteiger partial charge on any atom is 0.250 e. The molecule has 0 saturated carbocycles. The van der Waals surface area contributed by atoms with Crippen molar-refractivity contribution >= 4 is 17.6 Å². The standard InChI is InChI=1S/C17H24N4O3/c1-11(2)15-12(7-10-24-15)16(22)18-13-5-4-8-21(17(13)23)14-6-9-20(3)19-14/h6,9,12-13,15H,1,4-5,7-8,10H2,2-3H3,(H,18,22)/t12-,13-,15-/m1/s1. The van der Waals surface area contributed by atoms with Crippen LogP contribution in [0.2, 0.25) is 0 Å². The Labute approximate surface area is 141 Å². The van der Waals surface area contributed by atoms with Gasteiger partial charge in [-0.3, -0.25) is 19.2 Å². The number of amides is 2. The fraction of sp³-hybridized carbons (Fsp3) is 0.588. The van der Waals surface area contributed by atoms with Crippen LogP contribution in [0.5, 0.6) is 0 Å². The number of ether oxygens (including phenoxy) is 1. The Balaban J connectivity index is 1.67. The molecule has 2 aliphatic rings. The van der Waals surface area contributed by atoms with Crippen LogP contribution >= 0.6 is 0 Å². The van der Waals surface area contributed by atoms with Crippen molar-refractivity contribution in [3.05, 3.63) is 24.4 Å². The van der Waals surface area contributed by atoms with Gasteiger partial charge in [-0.15, -0.1) is 0 Å². The van der Waals surface area contributed by atoms with Crippen LogP contribution in [-0.2, 0) is 21.4 Å². The van der Waals surface area contributed by atoms with E-state index in [4.69, 9.17) is 4.74 Å². The molecular weight excluding hydrogens is 308 g/mol. The Morgan fingerprint density at radius 2 is 2.25 bits per heavy atom. The molecule has 2 aliphatic heterocycles. The third-order valence-electron chi connectivity index (χ3n) is 4.65. The summed E-state index contributed by atoms with van der Waals surface area (Å²) in [5, 5.41) is 7.20. The minimum Gasteiger partial charge on any atom is -0.373 e. The molecule has 0 aliphatic carbocycles. The molecule has 1 N–H and O–H groups in total. The van der Waals surface area contributed by atoms with E-state index in [1.54, 1.807) is 15.8 Å². The first-order valence-corrected chi connectivity index (χ1v) is 8.36. The van der Waals surface area contributed by atoms with Gasteiger partial charge in [0.1, 0.15) is 6.04 Å². The normalized spacial score (nSPS) is 27.3. The van der Waals surface area contributed by atoms with Crippen LogP contribution in [0, 0.1) is 5.92 Å². The third-order valence-corrected chi connectivity index (χ3v) is 4.65. The highest BCUT2D eigenvalue weighted by Gasteiger charge is 2.38. The van der Waals surface area contributed by atoms with Crippen LogP contribution in [-0.4, -0.2) is 46.9 Å². The number of carbonyl (C=O) groups is 2. The Bertz CT molecular complexity index is 654. The molecule has 2 fully saturated rings. The molecule has 1 aromatic rings. The molecule has 2 amide bonds. The van der Waals surface area contributed by atoms with E-state index in [1.165, 1.54) is 0 Å². The summed E-state index contributed by atoms with van der Waals surface area (Å²) in [6.07, 6.45) is 3.69. The van der Waals surface area contributed by atoms with E-state index in [1.807, 2.05) is 20.0 Å². The van der Waals surface area contributed by atoms with E-state index in [9.17, 15) is 9.59 Å². The quantitative estimate of drug-likeness (QED) is 0.835. The first-order valence-electron chi connectivity index (χ1n) is 8.36. The van der Waals surface area contributed by atoms with Crippen molar-refractivity contribution in [1.82, 2.24) is 15.1 Å². The van der Waals surface area contributed by atoms with Crippen molar-refractivity contribution in [3.63, 3.8) is 0 Å². The maximum absolute atomic E-state index is 12.7. The van der Waals surface area contributed by atoms with Crippen LogP contribution in [0.15, 0.2) is 24.4 Å². The van der Waals surface area contributed by atoms with Gasteiger partial charge in [0.2, 0.25) is 5.91 Å². The summed E-state index contributed by atoms with van der Waals surface area (Å²) >= 11 is 0. The van der Waals surface area contributed by atoms with Gasteiger partial charge in [-0.1, -0.05) is 12.2 Å². The number of aromatic nitrogens is 2. The molecule has 3 atom stereocenters. The number of nitrogens with zero attached hydrogens (tertiary/aromatic N) is 3. The van der Waals surface area contributed by atoms with Gasteiger partial charge in [0.15, 0.2) is 5.82 Å². The second kappa shape index (κ2) is 6.76. The Kier molecular flexibility index (Phi) is 4.71. The number of rotatable bonds is 4. The Morgan fingerprint density at radius 3 is 2.92 bits per heavy atom. The van der Waals surface area contributed by atoms with Crippen LogP contribution in [0.1, 0.15) is 26.2 Å². The molecule has 7 nitrogen and oxygen atoms in total. The van der Waals surface area contributed by atoms with Gasteiger partial charge in [-0.2, -0.15) is 5.10 Å². The summed E-state index contributed by atoms with van der Waals surface area (Å²) < 4.78 is 7.25. The maximum atomic E-state index is 12.7. The highest BCUT2D eigenvalue weighted by molar-refractivity contribution is 5.99. The molecule has 0 aromatic carbocycles. The molecule has 130 valence electrons. The first-order chi connectivity index (χ1) is 11.5. The lowest BCUT2D eigenvalue weighted by Gasteiger charge is -2.32. The van der Waals surface area contributed by atoms with Crippen molar-refractivity contribution in [2.24, 2.45) is 13.0 Å². The second-order valence-corrected chi connectivity index (χ2v) is 6.57. The van der Waals surface area contributed by atoms with Gasteiger partial charge >= 0.3 is 0 Å². The van der Waals surface area contributed by atoms with Crippen molar-refractivity contribution in [1.29, 1.82) is 0 Å². The predicted octanol–water partition coefficient (Wildman–Crippen LogP) is 1.01. The van der Waals surface area contributed by atoms with Crippen LogP contribution in [0.4, 0.5) is 5.82 Å². The molecule has 0 spiro atoms. The van der Waals surface area contributed by atoms with Gasteiger partial charge in [-0.25, -0.2) is 0 Å². The van der Waals surface area contributed by atoms with E-state index in [0.717, 1.165) is 12.0 Å². The number of hydrogen-bond donors (Lipinski definition) is 1. The van der Waals surface area contributed by atoms with E-state index >= 15 is 0 Å². The average Bonchev–Trinajstić information content (AvgIpc) is 3.18. The topological polar surface area (TPSA) is 76.5 Å². The number of aryl methyl sites for hydroxylation is 1. The van der Waals surface area contributed by atoms with E-state index < -0.39 is 6.04 Å². The molecular formula is C17H24N4O3. The van der Waals surface area contributed by atoms with Gasteiger partial charge < -0.3 is 10.1 Å². The largest absolute Gasteiger partial charge is 0.373 e. The third kappa shape index (κ3) is 3.21. The van der Waals surface area contributed by atoms with Crippen molar-refractivity contribution in [3.8, 4) is 0 Å². The van der Waals surface area contributed by atoms with Crippen LogP contribution < -0.4 is 10.2 Å². The van der Waals surface area contributed by atoms with Gasteiger partial charge in [0, 0.05) is 32.5 Å². The van der Waals surface area contributed by atoms with E-state index in [0.29, 0.717) is 31.8 Å². The van der Waals surface area contributed by atoms with Gasteiger partial charge in [0.05, 0.1) is 12.0 Å². The lowest BCUT2D eigenvalue weighted by molar-refractivity contribution is -0.131. The number of anilines is 1.